The van der Waals surface area contributed by atoms with Crippen LogP contribution in [0, 0.1) is 0 Å². The number of alkyl halides is 1. The molecule has 16 heavy (non-hydrogen) atoms. The van der Waals surface area contributed by atoms with Gasteiger partial charge in [0.05, 0.1) is 11.0 Å². The fourth-order valence-corrected chi connectivity index (χ4v) is 2.35. The maximum Gasteiger partial charge on any atom is 0.119 e. The van der Waals surface area contributed by atoms with Gasteiger partial charge in [-0.05, 0) is 30.7 Å². The van der Waals surface area contributed by atoms with Crippen LogP contribution in [0.1, 0.15) is 17.9 Å². The van der Waals surface area contributed by atoms with Gasteiger partial charge >= 0.3 is 0 Å². The van der Waals surface area contributed by atoms with E-state index in [4.69, 9.17) is 0 Å². The number of nitrogens with one attached hydrogen (secondary N) is 2. The first-order valence-corrected chi connectivity index (χ1v) is 5.62. The van der Waals surface area contributed by atoms with Gasteiger partial charge in [0, 0.05) is 24.9 Å². The average molecular weight is 219 g/mol. The first-order valence-electron chi connectivity index (χ1n) is 5.62. The molecule has 3 nitrogen and oxygen atoms in total. The first kappa shape index (κ1) is 9.78. The second-order valence-corrected chi connectivity index (χ2v) is 4.29. The average Bonchev–Trinajstić information content (AvgIpc) is 2.76. The van der Waals surface area contributed by atoms with Crippen LogP contribution in [-0.2, 0) is 0 Å². The highest BCUT2D eigenvalue weighted by atomic mass is 19.1. The zero-order valence-corrected chi connectivity index (χ0v) is 8.91. The number of fused-ring (bicyclic) bond motifs is 1. The molecule has 0 aromatic carbocycles. The van der Waals surface area contributed by atoms with Gasteiger partial charge in [0.25, 0.3) is 0 Å². The summed E-state index contributed by atoms with van der Waals surface area (Å²) in [6.45, 7) is 1.33. The molecular weight excluding hydrogens is 205 g/mol. The summed E-state index contributed by atoms with van der Waals surface area (Å²) in [6.07, 6.45) is 3.70. The molecule has 4 heteroatoms. The molecule has 2 N–H and O–H groups in total. The van der Waals surface area contributed by atoms with E-state index < -0.39 is 6.17 Å². The lowest BCUT2D eigenvalue weighted by Gasteiger charge is -2.26. The van der Waals surface area contributed by atoms with Crippen LogP contribution in [0.4, 0.5) is 4.39 Å². The second kappa shape index (κ2) is 3.87. The molecule has 3 rings (SSSR count). The van der Waals surface area contributed by atoms with Crippen LogP contribution in [0.25, 0.3) is 11.0 Å². The normalized spacial score (nSPS) is 26.1. The molecule has 1 aliphatic rings. The monoisotopic (exact) mass is 219 g/mol. The summed E-state index contributed by atoms with van der Waals surface area (Å²) in [4.78, 5) is 7.45. The standard InChI is InChI=1S/C12H14FN3/c13-10-7-14-3-1-9(10)8-5-12-11(16-6-8)2-4-15-12/h2,4-6,9-10,14-15H,1,3,7H2/t9-,10-/m0/s1. The number of aromatic nitrogens is 2. The minimum absolute atomic E-state index is 0.0125. The molecule has 84 valence electrons. The van der Waals surface area contributed by atoms with Gasteiger partial charge in [0.15, 0.2) is 0 Å². The van der Waals surface area contributed by atoms with Gasteiger partial charge in [-0.15, -0.1) is 0 Å². The van der Waals surface area contributed by atoms with E-state index in [0.717, 1.165) is 29.6 Å². The highest BCUT2D eigenvalue weighted by Crippen LogP contribution is 2.28. The van der Waals surface area contributed by atoms with Crippen molar-refractivity contribution in [1.82, 2.24) is 15.3 Å². The smallest absolute Gasteiger partial charge is 0.119 e. The quantitative estimate of drug-likeness (QED) is 0.770. The van der Waals surface area contributed by atoms with Crippen molar-refractivity contribution in [1.29, 1.82) is 0 Å². The van der Waals surface area contributed by atoms with Gasteiger partial charge in [-0.25, -0.2) is 4.39 Å². The Morgan fingerprint density at radius 1 is 1.44 bits per heavy atom. The Labute approximate surface area is 93.1 Å². The molecule has 0 amide bonds. The van der Waals surface area contributed by atoms with Gasteiger partial charge in [-0.1, -0.05) is 0 Å². The topological polar surface area (TPSA) is 40.7 Å². The summed E-state index contributed by atoms with van der Waals surface area (Å²) < 4.78 is 13.8. The van der Waals surface area contributed by atoms with E-state index in [-0.39, 0.29) is 5.92 Å². The van der Waals surface area contributed by atoms with Crippen LogP contribution in [0.15, 0.2) is 24.5 Å². The number of pyridine rings is 1. The van der Waals surface area contributed by atoms with Crippen molar-refractivity contribution >= 4 is 11.0 Å². The van der Waals surface area contributed by atoms with E-state index in [1.807, 2.05) is 18.3 Å². The SMILES string of the molecule is F[C@H]1CNCC[C@H]1c1cnc2cc[nH]c2c1. The lowest BCUT2D eigenvalue weighted by Crippen LogP contribution is -2.36. The number of H-pyrrole nitrogens is 1. The van der Waals surface area contributed by atoms with E-state index in [1.165, 1.54) is 0 Å². The summed E-state index contributed by atoms with van der Waals surface area (Å²) in [5.41, 5.74) is 2.93. The third-order valence-electron chi connectivity index (χ3n) is 3.26. The molecule has 2 aromatic heterocycles. The number of nitrogens with zero attached hydrogens (tertiary/aromatic N) is 1. The van der Waals surface area contributed by atoms with Crippen LogP contribution >= 0.6 is 0 Å². The minimum Gasteiger partial charge on any atom is -0.360 e. The summed E-state index contributed by atoms with van der Waals surface area (Å²) >= 11 is 0. The molecule has 0 unspecified atom stereocenters. The predicted octanol–water partition coefficient (Wildman–Crippen LogP) is 1.98. The van der Waals surface area contributed by atoms with E-state index in [0.29, 0.717) is 6.54 Å². The molecule has 2 aromatic rings. The Balaban J connectivity index is 1.97. The van der Waals surface area contributed by atoms with E-state index in [2.05, 4.69) is 15.3 Å². The molecule has 0 spiro atoms. The molecule has 0 aliphatic carbocycles. The van der Waals surface area contributed by atoms with Crippen molar-refractivity contribution in [2.45, 2.75) is 18.5 Å². The van der Waals surface area contributed by atoms with Crippen LogP contribution in [-0.4, -0.2) is 29.2 Å². The van der Waals surface area contributed by atoms with Crippen LogP contribution < -0.4 is 5.32 Å². The highest BCUT2D eigenvalue weighted by Gasteiger charge is 2.26. The van der Waals surface area contributed by atoms with Crippen molar-refractivity contribution in [3.63, 3.8) is 0 Å². The summed E-state index contributed by atoms with van der Waals surface area (Å²) in [7, 11) is 0. The molecule has 3 heterocycles. The second-order valence-electron chi connectivity index (χ2n) is 4.29. The van der Waals surface area contributed by atoms with Crippen LogP contribution in [0.3, 0.4) is 0 Å². The molecule has 1 aliphatic heterocycles. The van der Waals surface area contributed by atoms with Crippen molar-refractivity contribution in [2.24, 2.45) is 0 Å². The third kappa shape index (κ3) is 1.59. The molecular formula is C12H14FN3. The Morgan fingerprint density at radius 2 is 2.38 bits per heavy atom. The first-order chi connectivity index (χ1) is 7.84. The van der Waals surface area contributed by atoms with Gasteiger partial charge < -0.3 is 10.3 Å². The Bertz CT molecular complexity index is 494. The Kier molecular flexibility index (Phi) is 2.36. The molecule has 0 saturated carbocycles. The number of halogens is 1. The maximum atomic E-state index is 13.8. The molecule has 1 saturated heterocycles. The molecule has 0 bridgehead atoms. The van der Waals surface area contributed by atoms with Crippen molar-refractivity contribution in [3.05, 3.63) is 30.1 Å². The summed E-state index contributed by atoms with van der Waals surface area (Å²) in [6, 6.07) is 3.94. The number of rotatable bonds is 1. The zero-order chi connectivity index (χ0) is 11.0. The Hall–Kier alpha value is -1.42. The largest absolute Gasteiger partial charge is 0.360 e. The van der Waals surface area contributed by atoms with Gasteiger partial charge in [-0.2, -0.15) is 0 Å². The summed E-state index contributed by atoms with van der Waals surface area (Å²) in [5, 5.41) is 3.06. The summed E-state index contributed by atoms with van der Waals surface area (Å²) in [5.74, 6) is -0.0125. The molecule has 0 radical (unpaired) electrons. The minimum atomic E-state index is -0.803. The highest BCUT2D eigenvalue weighted by molar-refractivity contribution is 5.75. The number of piperidine rings is 1. The van der Waals surface area contributed by atoms with Gasteiger partial charge in [-0.3, -0.25) is 4.98 Å². The fraction of sp³-hybridized carbons (Fsp3) is 0.417. The molecule has 2 atom stereocenters. The van der Waals surface area contributed by atoms with Crippen LogP contribution in [0.2, 0.25) is 0 Å². The van der Waals surface area contributed by atoms with Gasteiger partial charge in [0.1, 0.15) is 6.17 Å². The number of hydrogen-bond donors (Lipinski definition) is 2. The molecule has 1 fully saturated rings. The van der Waals surface area contributed by atoms with Crippen molar-refractivity contribution < 1.29 is 4.39 Å². The number of aromatic amines is 1. The predicted molar refractivity (Wildman–Crippen MR) is 61.2 cm³/mol. The Morgan fingerprint density at radius 3 is 3.25 bits per heavy atom. The van der Waals surface area contributed by atoms with Gasteiger partial charge in [0.2, 0.25) is 0 Å². The van der Waals surface area contributed by atoms with E-state index in [9.17, 15) is 4.39 Å². The van der Waals surface area contributed by atoms with Crippen molar-refractivity contribution in [2.75, 3.05) is 13.1 Å². The van der Waals surface area contributed by atoms with Crippen molar-refractivity contribution in [3.8, 4) is 0 Å². The fourth-order valence-electron chi connectivity index (χ4n) is 2.35. The van der Waals surface area contributed by atoms with Crippen LogP contribution in [0.5, 0.6) is 0 Å². The lowest BCUT2D eigenvalue weighted by molar-refractivity contribution is 0.231. The zero-order valence-electron chi connectivity index (χ0n) is 8.91. The van der Waals surface area contributed by atoms with E-state index in [1.54, 1.807) is 6.20 Å². The lowest BCUT2D eigenvalue weighted by atomic mass is 9.89. The maximum absolute atomic E-state index is 13.8. The van der Waals surface area contributed by atoms with E-state index >= 15 is 0 Å². The third-order valence-corrected chi connectivity index (χ3v) is 3.26. The number of hydrogen-bond acceptors (Lipinski definition) is 2.